The molecule has 0 N–H and O–H groups in total. The molecule has 2 aromatic rings. The van der Waals surface area contributed by atoms with Crippen LogP contribution in [0.15, 0.2) is 54.6 Å². The van der Waals surface area contributed by atoms with Crippen molar-refractivity contribution in [3.63, 3.8) is 0 Å². The summed E-state index contributed by atoms with van der Waals surface area (Å²) in [5, 5.41) is 0.528. The first-order valence-corrected chi connectivity index (χ1v) is 9.13. The Morgan fingerprint density at radius 1 is 1.15 bits per heavy atom. The molecule has 27 heavy (non-hydrogen) atoms. The topological polar surface area (TPSA) is 63.7 Å². The SMILES string of the molecule is C[C@@H](c1ccccc1)N1C[C@@H](C(=O)OCC(=O)c2ccc(Cl)cc2)CC1=O. The van der Waals surface area contributed by atoms with E-state index in [1.165, 1.54) is 0 Å². The van der Waals surface area contributed by atoms with E-state index in [9.17, 15) is 14.4 Å². The number of carbonyl (C=O) groups is 3. The molecule has 3 rings (SSSR count). The number of benzene rings is 2. The van der Waals surface area contributed by atoms with Gasteiger partial charge in [0, 0.05) is 23.6 Å². The Morgan fingerprint density at radius 3 is 2.48 bits per heavy atom. The van der Waals surface area contributed by atoms with Crippen LogP contribution in [0.5, 0.6) is 0 Å². The van der Waals surface area contributed by atoms with Gasteiger partial charge in [0.2, 0.25) is 5.91 Å². The first-order valence-electron chi connectivity index (χ1n) is 8.75. The van der Waals surface area contributed by atoms with Gasteiger partial charge in [-0.25, -0.2) is 0 Å². The van der Waals surface area contributed by atoms with Gasteiger partial charge < -0.3 is 9.64 Å². The predicted molar refractivity (Wildman–Crippen MR) is 101 cm³/mol. The molecule has 0 unspecified atom stereocenters. The molecule has 0 aromatic heterocycles. The van der Waals surface area contributed by atoms with E-state index in [2.05, 4.69) is 0 Å². The van der Waals surface area contributed by atoms with E-state index in [4.69, 9.17) is 16.3 Å². The smallest absolute Gasteiger partial charge is 0.311 e. The monoisotopic (exact) mass is 385 g/mol. The average Bonchev–Trinajstić information content (AvgIpc) is 3.08. The Morgan fingerprint density at radius 2 is 1.81 bits per heavy atom. The number of hydrogen-bond donors (Lipinski definition) is 0. The number of amides is 1. The molecular weight excluding hydrogens is 366 g/mol. The second-order valence-corrected chi connectivity index (χ2v) is 7.01. The highest BCUT2D eigenvalue weighted by Crippen LogP contribution is 2.29. The molecule has 1 amide bonds. The van der Waals surface area contributed by atoms with Gasteiger partial charge in [-0.15, -0.1) is 0 Å². The van der Waals surface area contributed by atoms with Gasteiger partial charge in [-0.2, -0.15) is 0 Å². The third kappa shape index (κ3) is 4.55. The fourth-order valence-corrected chi connectivity index (χ4v) is 3.27. The van der Waals surface area contributed by atoms with Crippen LogP contribution >= 0.6 is 11.6 Å². The molecule has 5 nitrogen and oxygen atoms in total. The van der Waals surface area contributed by atoms with Gasteiger partial charge in [-0.1, -0.05) is 41.9 Å². The summed E-state index contributed by atoms with van der Waals surface area (Å²) in [5.41, 5.74) is 1.44. The van der Waals surface area contributed by atoms with E-state index >= 15 is 0 Å². The number of esters is 1. The molecule has 1 saturated heterocycles. The number of likely N-dealkylation sites (tertiary alicyclic amines) is 1. The van der Waals surface area contributed by atoms with Crippen molar-refractivity contribution < 1.29 is 19.1 Å². The van der Waals surface area contributed by atoms with Gasteiger partial charge in [0.15, 0.2) is 12.4 Å². The minimum atomic E-state index is -0.554. The summed E-state index contributed by atoms with van der Waals surface area (Å²) >= 11 is 5.79. The van der Waals surface area contributed by atoms with Crippen LogP contribution in [-0.4, -0.2) is 35.7 Å². The normalized spacial score (nSPS) is 17.6. The van der Waals surface area contributed by atoms with Crippen molar-refractivity contribution in [2.75, 3.05) is 13.2 Å². The number of carbonyl (C=O) groups excluding carboxylic acids is 3. The quantitative estimate of drug-likeness (QED) is 0.562. The summed E-state index contributed by atoms with van der Waals surface area (Å²) in [6.07, 6.45) is 0.102. The second kappa shape index (κ2) is 8.35. The number of hydrogen-bond acceptors (Lipinski definition) is 4. The van der Waals surface area contributed by atoms with Crippen molar-refractivity contribution in [3.05, 3.63) is 70.7 Å². The highest BCUT2D eigenvalue weighted by molar-refractivity contribution is 6.30. The molecule has 6 heteroatoms. The Bertz CT molecular complexity index is 835. The lowest BCUT2D eigenvalue weighted by Gasteiger charge is -2.25. The number of ketones is 1. The molecule has 0 bridgehead atoms. The van der Waals surface area contributed by atoms with Crippen molar-refractivity contribution in [2.45, 2.75) is 19.4 Å². The molecular formula is C21H20ClNO4. The number of ether oxygens (including phenoxy) is 1. The molecule has 0 radical (unpaired) electrons. The lowest BCUT2D eigenvalue weighted by molar-refractivity contribution is -0.147. The Hall–Kier alpha value is -2.66. The van der Waals surface area contributed by atoms with Gasteiger partial charge in [-0.05, 0) is 36.8 Å². The standard InChI is InChI=1S/C21H20ClNO4/c1-14(15-5-3-2-4-6-15)23-12-17(11-20(23)25)21(26)27-13-19(24)16-7-9-18(22)10-8-16/h2-10,14,17H,11-13H2,1H3/t14-,17-/m0/s1. The fraction of sp³-hybridized carbons (Fsp3) is 0.286. The number of nitrogens with zero attached hydrogens (tertiary/aromatic N) is 1. The van der Waals surface area contributed by atoms with E-state index in [0.717, 1.165) is 5.56 Å². The summed E-state index contributed by atoms with van der Waals surface area (Å²) in [6.45, 7) is 1.88. The maximum atomic E-state index is 12.3. The maximum absolute atomic E-state index is 12.3. The molecule has 2 atom stereocenters. The van der Waals surface area contributed by atoms with E-state index in [-0.39, 0.29) is 30.8 Å². The van der Waals surface area contributed by atoms with Crippen molar-refractivity contribution in [1.29, 1.82) is 0 Å². The van der Waals surface area contributed by atoms with Gasteiger partial charge in [0.25, 0.3) is 0 Å². The number of halogens is 1. The Labute approximate surface area is 162 Å². The fourth-order valence-electron chi connectivity index (χ4n) is 3.15. The number of Topliss-reactive ketones (excluding diaryl/α,β-unsaturated/α-hetero) is 1. The predicted octanol–water partition coefficient (Wildman–Crippen LogP) is 3.68. The van der Waals surface area contributed by atoms with E-state index in [1.807, 2.05) is 37.3 Å². The summed E-state index contributed by atoms with van der Waals surface area (Å²) < 4.78 is 5.15. The molecule has 0 spiro atoms. The van der Waals surface area contributed by atoms with Gasteiger partial charge in [-0.3, -0.25) is 14.4 Å². The third-order valence-electron chi connectivity index (χ3n) is 4.75. The molecule has 1 aliphatic rings. The van der Waals surface area contributed by atoms with Gasteiger partial charge in [0.05, 0.1) is 12.0 Å². The highest BCUT2D eigenvalue weighted by atomic mass is 35.5. The molecule has 1 heterocycles. The van der Waals surface area contributed by atoms with Crippen LogP contribution in [0.1, 0.15) is 35.3 Å². The average molecular weight is 386 g/mol. The molecule has 140 valence electrons. The van der Waals surface area contributed by atoms with Gasteiger partial charge >= 0.3 is 5.97 Å². The summed E-state index contributed by atoms with van der Waals surface area (Å²) in [4.78, 5) is 38.4. The summed E-state index contributed by atoms with van der Waals surface area (Å²) in [5.74, 6) is -1.47. The lowest BCUT2D eigenvalue weighted by atomic mass is 10.1. The summed E-state index contributed by atoms with van der Waals surface area (Å²) in [7, 11) is 0. The molecule has 1 fully saturated rings. The third-order valence-corrected chi connectivity index (χ3v) is 5.00. The van der Waals surface area contributed by atoms with Crippen LogP contribution in [-0.2, 0) is 14.3 Å². The van der Waals surface area contributed by atoms with Crippen LogP contribution < -0.4 is 0 Å². The Kier molecular flexibility index (Phi) is 5.91. The van der Waals surface area contributed by atoms with Crippen LogP contribution in [0.2, 0.25) is 5.02 Å². The molecule has 0 aliphatic carbocycles. The second-order valence-electron chi connectivity index (χ2n) is 6.57. The van der Waals surface area contributed by atoms with E-state index in [0.29, 0.717) is 17.1 Å². The van der Waals surface area contributed by atoms with Crippen molar-refractivity contribution in [1.82, 2.24) is 4.90 Å². The first kappa shape index (κ1) is 19.1. The zero-order chi connectivity index (χ0) is 19.4. The van der Waals surface area contributed by atoms with E-state index < -0.39 is 11.9 Å². The first-order chi connectivity index (χ1) is 13.0. The highest BCUT2D eigenvalue weighted by Gasteiger charge is 2.38. The van der Waals surface area contributed by atoms with Crippen LogP contribution in [0.25, 0.3) is 0 Å². The van der Waals surface area contributed by atoms with Crippen LogP contribution in [0.3, 0.4) is 0 Å². The van der Waals surface area contributed by atoms with Crippen LogP contribution in [0.4, 0.5) is 0 Å². The Balaban J connectivity index is 1.56. The maximum Gasteiger partial charge on any atom is 0.311 e. The van der Waals surface area contributed by atoms with Crippen LogP contribution in [0, 0.1) is 5.92 Å². The molecule has 1 aliphatic heterocycles. The molecule has 0 saturated carbocycles. The molecule has 2 aromatic carbocycles. The van der Waals surface area contributed by atoms with E-state index in [1.54, 1.807) is 29.2 Å². The van der Waals surface area contributed by atoms with Crippen molar-refractivity contribution >= 4 is 29.3 Å². The zero-order valence-corrected chi connectivity index (χ0v) is 15.7. The minimum absolute atomic E-state index is 0.0858. The zero-order valence-electron chi connectivity index (χ0n) is 14.9. The summed E-state index contributed by atoms with van der Waals surface area (Å²) in [6, 6.07) is 15.9. The van der Waals surface area contributed by atoms with Crippen molar-refractivity contribution in [3.8, 4) is 0 Å². The number of rotatable bonds is 6. The minimum Gasteiger partial charge on any atom is -0.457 e. The largest absolute Gasteiger partial charge is 0.457 e. The van der Waals surface area contributed by atoms with Gasteiger partial charge in [0.1, 0.15) is 0 Å². The van der Waals surface area contributed by atoms with Crippen molar-refractivity contribution in [2.24, 2.45) is 5.92 Å². The lowest BCUT2D eigenvalue weighted by Crippen LogP contribution is -2.30.